The number of nitrogens with zero attached hydrogens (tertiary/aromatic N) is 3. The van der Waals surface area contributed by atoms with Crippen LogP contribution in [0.5, 0.6) is 0 Å². The van der Waals surface area contributed by atoms with Crippen molar-refractivity contribution in [2.24, 2.45) is 0 Å². The molecular weight excluding hydrogens is 353 g/mol. The van der Waals surface area contributed by atoms with Gasteiger partial charge in [-0.25, -0.2) is 4.39 Å². The summed E-state index contributed by atoms with van der Waals surface area (Å²) < 4.78 is 15.3. The average Bonchev–Trinajstić information content (AvgIpc) is 3.15. The van der Waals surface area contributed by atoms with Gasteiger partial charge < -0.3 is 14.4 Å². The van der Waals surface area contributed by atoms with Crippen LogP contribution in [-0.4, -0.2) is 41.6 Å². The molecule has 0 atom stereocenters. The summed E-state index contributed by atoms with van der Waals surface area (Å²) in [6.07, 6.45) is 3.41. The maximum atomic E-state index is 13.1. The van der Waals surface area contributed by atoms with E-state index in [1.165, 1.54) is 28.6 Å². The number of hydrogen-bond acceptors (Lipinski definition) is 2. The van der Waals surface area contributed by atoms with Crippen LogP contribution < -0.4 is 4.90 Å². The van der Waals surface area contributed by atoms with Gasteiger partial charge in [-0.2, -0.15) is 0 Å². The molecule has 2 heterocycles. The quantitative estimate of drug-likeness (QED) is 0.668. The van der Waals surface area contributed by atoms with Crippen LogP contribution in [0.4, 0.5) is 10.1 Å². The molecule has 1 fully saturated rings. The number of hydrogen-bond donors (Lipinski definition) is 0. The third kappa shape index (κ3) is 3.88. The van der Waals surface area contributed by atoms with Crippen LogP contribution in [0, 0.1) is 5.82 Å². The number of fused-ring (bicyclic) bond motifs is 1. The summed E-state index contributed by atoms with van der Waals surface area (Å²) in [5, 5.41) is 1.24. The van der Waals surface area contributed by atoms with Gasteiger partial charge in [-0.15, -0.1) is 0 Å². The van der Waals surface area contributed by atoms with Crippen LogP contribution in [0.2, 0.25) is 0 Å². The first-order valence-corrected chi connectivity index (χ1v) is 10.00. The molecule has 4 nitrogen and oxygen atoms in total. The van der Waals surface area contributed by atoms with E-state index >= 15 is 0 Å². The van der Waals surface area contributed by atoms with Gasteiger partial charge in [0.15, 0.2) is 0 Å². The molecule has 2 aromatic carbocycles. The summed E-state index contributed by atoms with van der Waals surface area (Å²) >= 11 is 0. The van der Waals surface area contributed by atoms with Crippen LogP contribution >= 0.6 is 0 Å². The number of aromatic nitrogens is 1. The second-order valence-corrected chi connectivity index (χ2v) is 7.34. The highest BCUT2D eigenvalue weighted by molar-refractivity contribution is 5.81. The van der Waals surface area contributed by atoms with Crippen LogP contribution in [0.3, 0.4) is 0 Å². The third-order valence-corrected chi connectivity index (χ3v) is 5.63. The van der Waals surface area contributed by atoms with Gasteiger partial charge in [-0.3, -0.25) is 4.79 Å². The maximum absolute atomic E-state index is 13.1. The largest absolute Gasteiger partial charge is 0.368 e. The minimum Gasteiger partial charge on any atom is -0.368 e. The third-order valence-electron chi connectivity index (χ3n) is 5.63. The number of rotatable bonds is 5. The Bertz CT molecular complexity index is 956. The Kier molecular flexibility index (Phi) is 5.33. The smallest absolute Gasteiger partial charge is 0.223 e. The van der Waals surface area contributed by atoms with Gasteiger partial charge in [-0.05, 0) is 60.7 Å². The Morgan fingerprint density at radius 2 is 1.75 bits per heavy atom. The molecule has 0 aliphatic carbocycles. The van der Waals surface area contributed by atoms with Crippen LogP contribution in [0.1, 0.15) is 18.9 Å². The van der Waals surface area contributed by atoms with Crippen molar-refractivity contribution in [3.63, 3.8) is 0 Å². The van der Waals surface area contributed by atoms with Gasteiger partial charge in [0.2, 0.25) is 5.91 Å². The number of halogens is 1. The lowest BCUT2D eigenvalue weighted by Crippen LogP contribution is -2.48. The van der Waals surface area contributed by atoms with E-state index < -0.39 is 0 Å². The van der Waals surface area contributed by atoms with Gasteiger partial charge in [0.1, 0.15) is 5.82 Å². The molecule has 0 saturated carbocycles. The molecule has 1 saturated heterocycles. The Morgan fingerprint density at radius 3 is 2.46 bits per heavy atom. The van der Waals surface area contributed by atoms with E-state index in [-0.39, 0.29) is 11.7 Å². The first-order chi connectivity index (χ1) is 13.6. The predicted octanol–water partition coefficient (Wildman–Crippen LogP) is 4.08. The molecular formula is C23H26FN3O. The molecule has 146 valence electrons. The lowest BCUT2D eigenvalue weighted by molar-refractivity contribution is -0.131. The highest BCUT2D eigenvalue weighted by Gasteiger charge is 2.21. The van der Waals surface area contributed by atoms with Crippen molar-refractivity contribution >= 4 is 22.5 Å². The van der Waals surface area contributed by atoms with E-state index in [4.69, 9.17) is 0 Å². The van der Waals surface area contributed by atoms with E-state index in [1.54, 1.807) is 12.1 Å². The van der Waals surface area contributed by atoms with E-state index in [9.17, 15) is 9.18 Å². The van der Waals surface area contributed by atoms with E-state index in [0.29, 0.717) is 19.5 Å². The Morgan fingerprint density at radius 1 is 1.00 bits per heavy atom. The van der Waals surface area contributed by atoms with E-state index in [2.05, 4.69) is 46.9 Å². The number of piperazine rings is 1. The number of aryl methyl sites for hydroxylation is 2. The molecule has 3 aromatic rings. The highest BCUT2D eigenvalue weighted by atomic mass is 19.1. The van der Waals surface area contributed by atoms with Gasteiger partial charge in [0, 0.05) is 56.5 Å². The second-order valence-electron chi connectivity index (χ2n) is 7.34. The van der Waals surface area contributed by atoms with Gasteiger partial charge in [0.05, 0.1) is 0 Å². The minimum absolute atomic E-state index is 0.213. The topological polar surface area (TPSA) is 28.5 Å². The number of anilines is 1. The SMILES string of the molecule is CCn1ccc2ccc(CCC(=O)N3CCN(c4ccc(F)cc4)CC3)cc21. The molecule has 1 aromatic heterocycles. The Balaban J connectivity index is 1.31. The average molecular weight is 379 g/mol. The molecule has 0 bridgehead atoms. The van der Waals surface area contributed by atoms with Crippen molar-refractivity contribution in [3.05, 3.63) is 66.1 Å². The van der Waals surface area contributed by atoms with Crippen molar-refractivity contribution in [3.8, 4) is 0 Å². The van der Waals surface area contributed by atoms with Crippen LogP contribution in [-0.2, 0) is 17.8 Å². The lowest BCUT2D eigenvalue weighted by Gasteiger charge is -2.36. The summed E-state index contributed by atoms with van der Waals surface area (Å²) in [6.45, 7) is 6.09. The second kappa shape index (κ2) is 8.05. The van der Waals surface area contributed by atoms with E-state index in [0.717, 1.165) is 31.7 Å². The molecule has 5 heteroatoms. The molecule has 4 rings (SSSR count). The summed E-state index contributed by atoms with van der Waals surface area (Å²) in [7, 11) is 0. The van der Waals surface area contributed by atoms with Crippen molar-refractivity contribution in [2.45, 2.75) is 26.3 Å². The molecule has 0 radical (unpaired) electrons. The lowest BCUT2D eigenvalue weighted by atomic mass is 10.1. The maximum Gasteiger partial charge on any atom is 0.223 e. The first-order valence-electron chi connectivity index (χ1n) is 10.00. The zero-order chi connectivity index (χ0) is 19.5. The van der Waals surface area contributed by atoms with Gasteiger partial charge >= 0.3 is 0 Å². The Hall–Kier alpha value is -2.82. The minimum atomic E-state index is -0.220. The number of amides is 1. The van der Waals surface area contributed by atoms with Crippen LogP contribution in [0.25, 0.3) is 10.9 Å². The van der Waals surface area contributed by atoms with Crippen molar-refractivity contribution in [1.82, 2.24) is 9.47 Å². The molecule has 28 heavy (non-hydrogen) atoms. The predicted molar refractivity (Wildman–Crippen MR) is 111 cm³/mol. The summed E-state index contributed by atoms with van der Waals surface area (Å²) in [5.74, 6) is -0.00770. The first kappa shape index (κ1) is 18.5. The Labute approximate surface area is 165 Å². The fourth-order valence-corrected chi connectivity index (χ4v) is 3.94. The molecule has 1 aliphatic rings. The fourth-order valence-electron chi connectivity index (χ4n) is 3.94. The van der Waals surface area contributed by atoms with Crippen molar-refractivity contribution < 1.29 is 9.18 Å². The fraction of sp³-hybridized carbons (Fsp3) is 0.348. The zero-order valence-corrected chi connectivity index (χ0v) is 16.3. The normalized spacial score (nSPS) is 14.6. The van der Waals surface area contributed by atoms with Crippen molar-refractivity contribution in [2.75, 3.05) is 31.1 Å². The molecule has 0 unspecified atom stereocenters. The van der Waals surface area contributed by atoms with Crippen LogP contribution in [0.15, 0.2) is 54.7 Å². The summed E-state index contributed by atoms with van der Waals surface area (Å²) in [5.41, 5.74) is 3.46. The monoisotopic (exact) mass is 379 g/mol. The molecule has 0 spiro atoms. The van der Waals surface area contributed by atoms with Gasteiger partial charge in [0.25, 0.3) is 0 Å². The number of benzene rings is 2. The highest BCUT2D eigenvalue weighted by Crippen LogP contribution is 2.20. The standard InChI is InChI=1S/C23H26FN3O/c1-2-25-12-11-19-5-3-18(17-22(19)25)4-10-23(28)27-15-13-26(14-16-27)21-8-6-20(24)7-9-21/h3,5-9,11-12,17H,2,4,10,13-16H2,1H3. The summed E-state index contributed by atoms with van der Waals surface area (Å²) in [4.78, 5) is 16.8. The van der Waals surface area contributed by atoms with E-state index in [1.807, 2.05) is 4.90 Å². The molecule has 1 aliphatic heterocycles. The molecule has 1 amide bonds. The number of carbonyl (C=O) groups excluding carboxylic acids is 1. The van der Waals surface area contributed by atoms with Crippen molar-refractivity contribution in [1.29, 1.82) is 0 Å². The van der Waals surface area contributed by atoms with Gasteiger partial charge in [-0.1, -0.05) is 12.1 Å². The zero-order valence-electron chi connectivity index (χ0n) is 16.3. The number of carbonyl (C=O) groups is 1. The molecule has 0 N–H and O–H groups in total. The summed E-state index contributed by atoms with van der Waals surface area (Å²) in [6, 6.07) is 15.2.